The molecular formula is C20H31NO3. The fraction of sp³-hybridized carbons (Fsp3) is 0.650. The van der Waals surface area contributed by atoms with Gasteiger partial charge in [-0.25, -0.2) is 0 Å². The van der Waals surface area contributed by atoms with Crippen molar-refractivity contribution in [1.82, 2.24) is 0 Å². The zero-order valence-electron chi connectivity index (χ0n) is 15.1. The van der Waals surface area contributed by atoms with E-state index in [0.717, 1.165) is 24.7 Å². The highest BCUT2D eigenvalue weighted by Crippen LogP contribution is 2.38. The van der Waals surface area contributed by atoms with Crippen LogP contribution in [-0.2, 0) is 4.79 Å². The number of nitro groups is 1. The van der Waals surface area contributed by atoms with E-state index in [0.29, 0.717) is 6.42 Å². The standard InChI is InChI=1S/C20H31NO3/c1-3-4-5-6-7-8-12-15-20(2,17-22)19(16-21(23)24)18-13-10-9-11-14-18/h9-11,13-14,17,19H,3-8,12,15-16H2,1-2H3/t19-,20+/m1/s1. The molecule has 0 spiro atoms. The van der Waals surface area contributed by atoms with Gasteiger partial charge in [0.05, 0.1) is 5.92 Å². The monoisotopic (exact) mass is 333 g/mol. The molecule has 0 aromatic heterocycles. The molecule has 24 heavy (non-hydrogen) atoms. The maximum absolute atomic E-state index is 11.8. The van der Waals surface area contributed by atoms with E-state index in [1.54, 1.807) is 0 Å². The third-order valence-electron chi connectivity index (χ3n) is 4.92. The first-order valence-corrected chi connectivity index (χ1v) is 9.16. The molecule has 0 aliphatic carbocycles. The van der Waals surface area contributed by atoms with Crippen molar-refractivity contribution < 1.29 is 9.72 Å². The summed E-state index contributed by atoms with van der Waals surface area (Å²) >= 11 is 0. The predicted molar refractivity (Wildman–Crippen MR) is 97.8 cm³/mol. The molecule has 1 aromatic carbocycles. The smallest absolute Gasteiger partial charge is 0.211 e. The van der Waals surface area contributed by atoms with Crippen molar-refractivity contribution in [3.63, 3.8) is 0 Å². The zero-order valence-corrected chi connectivity index (χ0v) is 15.1. The molecule has 4 heteroatoms. The van der Waals surface area contributed by atoms with Crippen LogP contribution >= 0.6 is 0 Å². The molecule has 1 rings (SSSR count). The molecule has 0 aliphatic heterocycles. The molecule has 2 atom stereocenters. The van der Waals surface area contributed by atoms with Crippen LogP contribution in [0.3, 0.4) is 0 Å². The van der Waals surface area contributed by atoms with Crippen LogP contribution in [0.1, 0.15) is 76.7 Å². The van der Waals surface area contributed by atoms with Gasteiger partial charge in [0.25, 0.3) is 0 Å². The largest absolute Gasteiger partial charge is 0.303 e. The van der Waals surface area contributed by atoms with Crippen molar-refractivity contribution in [1.29, 1.82) is 0 Å². The van der Waals surface area contributed by atoms with Crippen LogP contribution in [0.4, 0.5) is 0 Å². The summed E-state index contributed by atoms with van der Waals surface area (Å²) in [6.45, 7) is 3.88. The highest BCUT2D eigenvalue weighted by Gasteiger charge is 2.38. The van der Waals surface area contributed by atoms with E-state index < -0.39 is 5.41 Å². The maximum atomic E-state index is 11.8. The van der Waals surface area contributed by atoms with Crippen molar-refractivity contribution in [2.24, 2.45) is 5.41 Å². The summed E-state index contributed by atoms with van der Waals surface area (Å²) in [6.07, 6.45) is 9.89. The summed E-state index contributed by atoms with van der Waals surface area (Å²) in [5.74, 6) is -0.369. The minimum atomic E-state index is -0.683. The zero-order chi connectivity index (χ0) is 17.8. The van der Waals surface area contributed by atoms with Gasteiger partial charge in [-0.2, -0.15) is 0 Å². The first-order valence-electron chi connectivity index (χ1n) is 9.16. The SMILES string of the molecule is CCCCCCCCC[C@@](C)(C=O)[C@H](C[N+](=O)[O-])c1ccccc1. The second kappa shape index (κ2) is 11.0. The molecule has 0 radical (unpaired) electrons. The summed E-state index contributed by atoms with van der Waals surface area (Å²) in [7, 11) is 0. The first-order chi connectivity index (χ1) is 11.5. The van der Waals surface area contributed by atoms with Gasteiger partial charge in [-0.15, -0.1) is 0 Å². The van der Waals surface area contributed by atoms with Crippen molar-refractivity contribution in [2.45, 2.75) is 71.1 Å². The molecule has 0 bridgehead atoms. The van der Waals surface area contributed by atoms with Gasteiger partial charge in [-0.3, -0.25) is 10.1 Å². The number of hydrogen-bond donors (Lipinski definition) is 0. The summed E-state index contributed by atoms with van der Waals surface area (Å²) < 4.78 is 0. The Morgan fingerprint density at radius 1 is 1.08 bits per heavy atom. The molecule has 0 saturated heterocycles. The Morgan fingerprint density at radius 3 is 2.21 bits per heavy atom. The molecule has 0 amide bonds. The quantitative estimate of drug-likeness (QED) is 0.210. The van der Waals surface area contributed by atoms with Gasteiger partial charge in [0.2, 0.25) is 6.54 Å². The average molecular weight is 333 g/mol. The van der Waals surface area contributed by atoms with Gasteiger partial charge in [-0.05, 0) is 12.0 Å². The lowest BCUT2D eigenvalue weighted by Gasteiger charge is -2.31. The van der Waals surface area contributed by atoms with Crippen LogP contribution in [0.25, 0.3) is 0 Å². The number of hydrogen-bond acceptors (Lipinski definition) is 3. The number of rotatable bonds is 13. The minimum Gasteiger partial charge on any atom is -0.303 e. The van der Waals surface area contributed by atoms with E-state index in [9.17, 15) is 14.9 Å². The van der Waals surface area contributed by atoms with Crippen molar-refractivity contribution >= 4 is 6.29 Å². The Hall–Kier alpha value is -1.71. The van der Waals surface area contributed by atoms with Crippen LogP contribution in [-0.4, -0.2) is 17.8 Å². The summed E-state index contributed by atoms with van der Waals surface area (Å²) in [5.41, 5.74) is 0.199. The molecule has 0 N–H and O–H groups in total. The Kier molecular flexibility index (Phi) is 9.28. The van der Waals surface area contributed by atoms with Gasteiger partial charge >= 0.3 is 0 Å². The Balaban J connectivity index is 2.66. The highest BCUT2D eigenvalue weighted by molar-refractivity contribution is 5.61. The van der Waals surface area contributed by atoms with Crippen LogP contribution in [0.2, 0.25) is 0 Å². The second-order valence-electron chi connectivity index (χ2n) is 6.97. The summed E-state index contributed by atoms with van der Waals surface area (Å²) in [4.78, 5) is 22.6. The lowest BCUT2D eigenvalue weighted by molar-refractivity contribution is -0.485. The second-order valence-corrected chi connectivity index (χ2v) is 6.97. The third kappa shape index (κ3) is 6.81. The molecule has 134 valence electrons. The Labute approximate surface area is 145 Å². The topological polar surface area (TPSA) is 60.2 Å². The Bertz CT molecular complexity index is 489. The van der Waals surface area contributed by atoms with E-state index in [1.807, 2.05) is 37.3 Å². The molecule has 0 fully saturated rings. The van der Waals surface area contributed by atoms with Crippen molar-refractivity contribution in [2.75, 3.05) is 6.54 Å². The number of unbranched alkanes of at least 4 members (excludes halogenated alkanes) is 6. The lowest BCUT2D eigenvalue weighted by atomic mass is 9.71. The van der Waals surface area contributed by atoms with Crippen LogP contribution in [0.5, 0.6) is 0 Å². The highest BCUT2D eigenvalue weighted by atomic mass is 16.6. The fourth-order valence-corrected chi connectivity index (χ4v) is 3.31. The Morgan fingerprint density at radius 2 is 1.67 bits per heavy atom. The summed E-state index contributed by atoms with van der Waals surface area (Å²) in [5, 5.41) is 11.1. The number of carbonyl (C=O) groups is 1. The normalized spacial score (nSPS) is 14.8. The number of aldehydes is 1. The van der Waals surface area contributed by atoms with Gasteiger partial charge in [0.15, 0.2) is 0 Å². The maximum Gasteiger partial charge on any atom is 0.211 e. The molecule has 0 unspecified atom stereocenters. The minimum absolute atomic E-state index is 0.199. The molecule has 1 aromatic rings. The predicted octanol–water partition coefficient (Wildman–Crippen LogP) is 5.39. The molecule has 4 nitrogen and oxygen atoms in total. The van der Waals surface area contributed by atoms with E-state index in [4.69, 9.17) is 0 Å². The number of benzene rings is 1. The molecule has 0 heterocycles. The van der Waals surface area contributed by atoms with E-state index in [-0.39, 0.29) is 17.4 Å². The summed E-state index contributed by atoms with van der Waals surface area (Å²) in [6, 6.07) is 9.42. The fourth-order valence-electron chi connectivity index (χ4n) is 3.31. The van der Waals surface area contributed by atoms with E-state index >= 15 is 0 Å². The molecule has 0 aliphatic rings. The lowest BCUT2D eigenvalue weighted by Crippen LogP contribution is -2.32. The van der Waals surface area contributed by atoms with E-state index in [1.165, 1.54) is 32.1 Å². The van der Waals surface area contributed by atoms with Gasteiger partial charge in [0, 0.05) is 10.3 Å². The molecule has 0 saturated carbocycles. The van der Waals surface area contributed by atoms with Gasteiger partial charge in [-0.1, -0.05) is 89.1 Å². The van der Waals surface area contributed by atoms with E-state index in [2.05, 4.69) is 6.92 Å². The van der Waals surface area contributed by atoms with Crippen LogP contribution < -0.4 is 0 Å². The third-order valence-corrected chi connectivity index (χ3v) is 4.92. The average Bonchev–Trinajstić information content (AvgIpc) is 2.59. The number of nitrogens with zero attached hydrogens (tertiary/aromatic N) is 1. The van der Waals surface area contributed by atoms with Crippen LogP contribution in [0.15, 0.2) is 30.3 Å². The molecular weight excluding hydrogens is 302 g/mol. The van der Waals surface area contributed by atoms with Crippen LogP contribution in [0, 0.1) is 15.5 Å². The number of carbonyl (C=O) groups excluding carboxylic acids is 1. The van der Waals surface area contributed by atoms with Gasteiger partial charge < -0.3 is 4.79 Å². The van der Waals surface area contributed by atoms with Gasteiger partial charge in [0.1, 0.15) is 6.29 Å². The van der Waals surface area contributed by atoms with Crippen molar-refractivity contribution in [3.05, 3.63) is 46.0 Å². The first kappa shape index (κ1) is 20.3. The van der Waals surface area contributed by atoms with Crippen molar-refractivity contribution in [3.8, 4) is 0 Å².